The molecule has 1 N–H and O–H groups in total. The van der Waals surface area contributed by atoms with Crippen molar-refractivity contribution in [3.63, 3.8) is 0 Å². The minimum atomic E-state index is -1.10. The van der Waals surface area contributed by atoms with Gasteiger partial charge in [0.2, 0.25) is 0 Å². The average molecular weight is 315 g/mol. The minimum Gasteiger partial charge on any atom is -0.464 e. The summed E-state index contributed by atoms with van der Waals surface area (Å²) in [6.45, 7) is 8.84. The van der Waals surface area contributed by atoms with Gasteiger partial charge >= 0.3 is 12.1 Å². The van der Waals surface area contributed by atoms with Crippen molar-refractivity contribution in [2.45, 2.75) is 71.1 Å². The molecule has 1 saturated carbocycles. The highest BCUT2D eigenvalue weighted by Crippen LogP contribution is 2.29. The molecule has 0 spiro atoms. The molecule has 1 atom stereocenters. The van der Waals surface area contributed by atoms with Gasteiger partial charge in [-0.2, -0.15) is 0 Å². The maximum absolute atomic E-state index is 12.3. The van der Waals surface area contributed by atoms with Crippen molar-refractivity contribution in [3.8, 4) is 0 Å². The first-order valence-electron chi connectivity index (χ1n) is 7.74. The molecule has 1 rings (SSSR count). The maximum Gasteiger partial charge on any atom is 0.410 e. The molecule has 0 radical (unpaired) electrons. The quantitative estimate of drug-likeness (QED) is 0.761. The van der Waals surface area contributed by atoms with Gasteiger partial charge in [-0.3, -0.25) is 4.90 Å². The predicted molar refractivity (Wildman–Crippen MR) is 82.4 cm³/mol. The van der Waals surface area contributed by atoms with E-state index in [2.05, 4.69) is 0 Å². The second-order valence-electron chi connectivity index (χ2n) is 7.70. The van der Waals surface area contributed by atoms with Gasteiger partial charge in [0.05, 0.1) is 12.2 Å². The van der Waals surface area contributed by atoms with Crippen LogP contribution in [0.25, 0.3) is 0 Å². The van der Waals surface area contributed by atoms with Gasteiger partial charge in [-0.25, -0.2) is 9.59 Å². The predicted octanol–water partition coefficient (Wildman–Crippen LogP) is 2.34. The lowest BCUT2D eigenvalue weighted by molar-refractivity contribution is -0.152. The Balaban J connectivity index is 2.73. The van der Waals surface area contributed by atoms with E-state index in [0.29, 0.717) is 12.5 Å². The van der Waals surface area contributed by atoms with Crippen molar-refractivity contribution < 1.29 is 24.2 Å². The zero-order valence-electron chi connectivity index (χ0n) is 14.5. The van der Waals surface area contributed by atoms with Crippen LogP contribution in [0.15, 0.2) is 0 Å². The van der Waals surface area contributed by atoms with E-state index in [4.69, 9.17) is 9.47 Å². The molecule has 0 bridgehead atoms. The summed E-state index contributed by atoms with van der Waals surface area (Å²) in [4.78, 5) is 25.6. The number of nitrogens with zero attached hydrogens (tertiary/aromatic N) is 1. The molecule has 0 saturated heterocycles. The van der Waals surface area contributed by atoms with Gasteiger partial charge < -0.3 is 14.6 Å². The molecule has 1 amide bonds. The highest BCUT2D eigenvalue weighted by Gasteiger charge is 2.36. The van der Waals surface area contributed by atoms with Gasteiger partial charge in [0.25, 0.3) is 0 Å². The van der Waals surface area contributed by atoms with Crippen LogP contribution in [-0.2, 0) is 14.3 Å². The number of rotatable bonds is 6. The number of likely N-dealkylation sites (N-methyl/N-ethyl adjacent to an activating group) is 1. The van der Waals surface area contributed by atoms with E-state index in [1.54, 1.807) is 34.6 Å². The molecule has 0 aromatic rings. The lowest BCUT2D eigenvalue weighted by Gasteiger charge is -2.32. The van der Waals surface area contributed by atoms with E-state index < -0.39 is 29.3 Å². The van der Waals surface area contributed by atoms with Crippen molar-refractivity contribution in [2.75, 3.05) is 13.7 Å². The Hall–Kier alpha value is -1.30. The van der Waals surface area contributed by atoms with Gasteiger partial charge in [-0.15, -0.1) is 0 Å². The van der Waals surface area contributed by atoms with Gasteiger partial charge in [-0.1, -0.05) is 0 Å². The van der Waals surface area contributed by atoms with E-state index in [1.165, 1.54) is 11.9 Å². The Kier molecular flexibility index (Phi) is 5.84. The van der Waals surface area contributed by atoms with E-state index >= 15 is 0 Å². The van der Waals surface area contributed by atoms with Crippen LogP contribution >= 0.6 is 0 Å². The number of amides is 1. The van der Waals surface area contributed by atoms with Crippen LogP contribution in [0.2, 0.25) is 0 Å². The summed E-state index contributed by atoms with van der Waals surface area (Å²) in [5.41, 5.74) is -1.75. The normalized spacial score (nSPS) is 16.9. The van der Waals surface area contributed by atoms with Gasteiger partial charge in [-0.05, 0) is 53.4 Å². The standard InChI is InChI=1S/C16H29NO5/c1-15(2,3)22-14(19)17(6)12(9-16(4,5)20)13(18)21-10-11-7-8-11/h11-12,20H,7-10H2,1-6H3/t12-/m0/s1. The summed E-state index contributed by atoms with van der Waals surface area (Å²) in [7, 11) is 1.49. The van der Waals surface area contributed by atoms with Crippen LogP contribution in [-0.4, -0.2) is 53.0 Å². The van der Waals surface area contributed by atoms with Crippen molar-refractivity contribution in [2.24, 2.45) is 5.92 Å². The summed E-state index contributed by atoms with van der Waals surface area (Å²) < 4.78 is 10.6. The number of carbonyl (C=O) groups excluding carboxylic acids is 2. The summed E-state index contributed by atoms with van der Waals surface area (Å²) >= 11 is 0. The molecule has 0 aliphatic heterocycles. The second kappa shape index (κ2) is 6.86. The number of hydrogen-bond donors (Lipinski definition) is 1. The Morgan fingerprint density at radius 2 is 1.77 bits per heavy atom. The molecule has 22 heavy (non-hydrogen) atoms. The summed E-state index contributed by atoms with van der Waals surface area (Å²) in [5, 5.41) is 10.0. The van der Waals surface area contributed by atoms with Crippen LogP contribution < -0.4 is 0 Å². The number of hydrogen-bond acceptors (Lipinski definition) is 5. The molecular formula is C16H29NO5. The number of carbonyl (C=O) groups is 2. The average Bonchev–Trinajstić information content (AvgIpc) is 3.12. The summed E-state index contributed by atoms with van der Waals surface area (Å²) in [6.07, 6.45) is 1.63. The second-order valence-corrected chi connectivity index (χ2v) is 7.70. The fourth-order valence-corrected chi connectivity index (χ4v) is 1.89. The Morgan fingerprint density at radius 3 is 2.18 bits per heavy atom. The van der Waals surface area contributed by atoms with E-state index in [-0.39, 0.29) is 6.42 Å². The minimum absolute atomic E-state index is 0.0895. The number of aliphatic hydroxyl groups is 1. The third kappa shape index (κ3) is 7.11. The number of ether oxygens (including phenoxy) is 2. The molecule has 6 heteroatoms. The third-order valence-corrected chi connectivity index (χ3v) is 3.27. The maximum atomic E-state index is 12.3. The first kappa shape index (κ1) is 18.7. The molecule has 1 aliphatic rings. The zero-order chi connectivity index (χ0) is 17.1. The van der Waals surface area contributed by atoms with E-state index in [9.17, 15) is 14.7 Å². The van der Waals surface area contributed by atoms with Crippen molar-refractivity contribution in [1.29, 1.82) is 0 Å². The van der Waals surface area contributed by atoms with Gasteiger partial charge in [0.1, 0.15) is 11.6 Å². The van der Waals surface area contributed by atoms with E-state index in [0.717, 1.165) is 12.8 Å². The molecule has 6 nitrogen and oxygen atoms in total. The lowest BCUT2D eigenvalue weighted by Crippen LogP contribution is -2.48. The van der Waals surface area contributed by atoms with Crippen molar-refractivity contribution in [3.05, 3.63) is 0 Å². The van der Waals surface area contributed by atoms with Crippen LogP contribution in [0.1, 0.15) is 53.9 Å². The largest absolute Gasteiger partial charge is 0.464 e. The van der Waals surface area contributed by atoms with Crippen LogP contribution in [0, 0.1) is 5.92 Å². The van der Waals surface area contributed by atoms with Crippen molar-refractivity contribution >= 4 is 12.1 Å². The van der Waals surface area contributed by atoms with Gasteiger partial charge in [0, 0.05) is 13.5 Å². The Morgan fingerprint density at radius 1 is 1.23 bits per heavy atom. The molecule has 1 fully saturated rings. The topological polar surface area (TPSA) is 76.1 Å². The summed E-state index contributed by atoms with van der Waals surface area (Å²) in [5.74, 6) is -0.0547. The SMILES string of the molecule is CN(C(=O)OC(C)(C)C)[C@@H](CC(C)(C)O)C(=O)OCC1CC1. The zero-order valence-corrected chi connectivity index (χ0v) is 14.5. The van der Waals surface area contributed by atoms with Crippen molar-refractivity contribution in [1.82, 2.24) is 4.90 Å². The Bertz CT molecular complexity index is 404. The molecule has 1 aliphatic carbocycles. The van der Waals surface area contributed by atoms with Crippen LogP contribution in [0.5, 0.6) is 0 Å². The summed E-state index contributed by atoms with van der Waals surface area (Å²) in [6, 6.07) is -0.867. The molecular weight excluding hydrogens is 286 g/mol. The first-order chi connectivity index (χ1) is 9.89. The highest BCUT2D eigenvalue weighted by atomic mass is 16.6. The number of esters is 1. The lowest BCUT2D eigenvalue weighted by atomic mass is 9.98. The monoisotopic (exact) mass is 315 g/mol. The molecule has 0 aromatic carbocycles. The molecule has 0 unspecified atom stereocenters. The fourth-order valence-electron chi connectivity index (χ4n) is 1.89. The van der Waals surface area contributed by atoms with Crippen LogP contribution in [0.4, 0.5) is 4.79 Å². The highest BCUT2D eigenvalue weighted by molar-refractivity contribution is 5.81. The van der Waals surface area contributed by atoms with E-state index in [1.807, 2.05) is 0 Å². The third-order valence-electron chi connectivity index (χ3n) is 3.27. The fraction of sp³-hybridized carbons (Fsp3) is 0.875. The Labute approximate surface area is 132 Å². The molecule has 0 aromatic heterocycles. The molecule has 0 heterocycles. The van der Waals surface area contributed by atoms with Gasteiger partial charge in [0.15, 0.2) is 0 Å². The van der Waals surface area contributed by atoms with Crippen LogP contribution in [0.3, 0.4) is 0 Å². The molecule has 128 valence electrons. The smallest absolute Gasteiger partial charge is 0.410 e. The first-order valence-corrected chi connectivity index (χ1v) is 7.74.